The molecule has 3 rings (SSSR count). The summed E-state index contributed by atoms with van der Waals surface area (Å²) < 4.78 is 11.0. The van der Waals surface area contributed by atoms with E-state index in [0.29, 0.717) is 11.5 Å². The molecule has 0 N–H and O–H groups in total. The summed E-state index contributed by atoms with van der Waals surface area (Å²) in [5.41, 5.74) is 1.69. The second kappa shape index (κ2) is 6.36. The molecule has 4 heteroatoms. The minimum atomic E-state index is 0.0501. The third kappa shape index (κ3) is 3.22. The first-order valence-corrected chi connectivity index (χ1v) is 7.63. The fourth-order valence-electron chi connectivity index (χ4n) is 2.78. The zero-order valence-electron chi connectivity index (χ0n) is 13.0. The van der Waals surface area contributed by atoms with Crippen molar-refractivity contribution in [1.29, 1.82) is 0 Å². The highest BCUT2D eigenvalue weighted by molar-refractivity contribution is 5.94. The maximum absolute atomic E-state index is 12.4. The first-order chi connectivity index (χ1) is 10.6. The molecule has 1 aliphatic rings. The number of rotatable bonds is 4. The summed E-state index contributed by atoms with van der Waals surface area (Å²) in [5, 5.41) is 0. The molecular formula is C18H21NO3. The third-order valence-corrected chi connectivity index (χ3v) is 4.06. The fourth-order valence-corrected chi connectivity index (χ4v) is 2.78. The van der Waals surface area contributed by atoms with E-state index in [1.54, 1.807) is 4.90 Å². The number of aryl methyl sites for hydroxylation is 1. The van der Waals surface area contributed by atoms with Gasteiger partial charge in [0.15, 0.2) is 0 Å². The van der Waals surface area contributed by atoms with Gasteiger partial charge in [0.2, 0.25) is 0 Å². The summed E-state index contributed by atoms with van der Waals surface area (Å²) >= 11 is 0. The average Bonchev–Trinajstić information content (AvgIpc) is 3.18. The molecule has 1 fully saturated rings. The topological polar surface area (TPSA) is 42.7 Å². The van der Waals surface area contributed by atoms with Gasteiger partial charge in [-0.1, -0.05) is 12.1 Å². The second-order valence-corrected chi connectivity index (χ2v) is 5.90. The lowest BCUT2D eigenvalue weighted by Crippen LogP contribution is -2.32. The van der Waals surface area contributed by atoms with Crippen LogP contribution in [0, 0.1) is 12.8 Å². The molecule has 0 aliphatic carbocycles. The summed E-state index contributed by atoms with van der Waals surface area (Å²) in [7, 11) is 1.85. The number of benzene rings is 1. The minimum absolute atomic E-state index is 0.0501. The third-order valence-electron chi connectivity index (χ3n) is 4.06. The van der Waals surface area contributed by atoms with Crippen LogP contribution in [0.4, 0.5) is 0 Å². The molecule has 1 aromatic heterocycles. The Morgan fingerprint density at radius 1 is 1.23 bits per heavy atom. The highest BCUT2D eigenvalue weighted by Crippen LogP contribution is 2.22. The van der Waals surface area contributed by atoms with Gasteiger partial charge in [-0.15, -0.1) is 0 Å². The van der Waals surface area contributed by atoms with E-state index in [1.165, 1.54) is 0 Å². The van der Waals surface area contributed by atoms with E-state index in [1.807, 2.05) is 50.4 Å². The summed E-state index contributed by atoms with van der Waals surface area (Å²) in [6.07, 6.45) is 1.04. The summed E-state index contributed by atoms with van der Waals surface area (Å²) in [6, 6.07) is 11.5. The SMILES string of the molecule is Cc1ccc(-c2ccc(C(=O)N(C)CC3CCOC3)cc2)o1. The Hall–Kier alpha value is -2.07. The average molecular weight is 299 g/mol. The summed E-state index contributed by atoms with van der Waals surface area (Å²) in [4.78, 5) is 14.2. The quantitative estimate of drug-likeness (QED) is 0.869. The largest absolute Gasteiger partial charge is 0.461 e. The molecule has 2 aromatic rings. The van der Waals surface area contributed by atoms with Gasteiger partial charge in [0.1, 0.15) is 11.5 Å². The minimum Gasteiger partial charge on any atom is -0.461 e. The molecule has 0 bridgehead atoms. The molecule has 1 amide bonds. The van der Waals surface area contributed by atoms with E-state index in [2.05, 4.69) is 0 Å². The number of nitrogens with zero attached hydrogens (tertiary/aromatic N) is 1. The van der Waals surface area contributed by atoms with E-state index in [4.69, 9.17) is 9.15 Å². The van der Waals surface area contributed by atoms with Crippen LogP contribution in [0.2, 0.25) is 0 Å². The van der Waals surface area contributed by atoms with Gasteiger partial charge in [-0.25, -0.2) is 0 Å². The summed E-state index contributed by atoms with van der Waals surface area (Å²) in [6.45, 7) is 4.24. The lowest BCUT2D eigenvalue weighted by Gasteiger charge is -2.20. The van der Waals surface area contributed by atoms with Crippen molar-refractivity contribution >= 4 is 5.91 Å². The lowest BCUT2D eigenvalue weighted by atomic mass is 10.1. The fraction of sp³-hybridized carbons (Fsp3) is 0.389. The van der Waals surface area contributed by atoms with Crippen LogP contribution in [0.15, 0.2) is 40.8 Å². The summed E-state index contributed by atoms with van der Waals surface area (Å²) in [5.74, 6) is 2.22. The van der Waals surface area contributed by atoms with Crippen LogP contribution in [-0.4, -0.2) is 37.6 Å². The number of amides is 1. The van der Waals surface area contributed by atoms with Gasteiger partial charge in [0.05, 0.1) is 6.61 Å². The van der Waals surface area contributed by atoms with Crippen molar-refractivity contribution in [3.8, 4) is 11.3 Å². The Labute approximate surface area is 130 Å². The first kappa shape index (κ1) is 14.9. The van der Waals surface area contributed by atoms with Crippen molar-refractivity contribution in [1.82, 2.24) is 4.90 Å². The van der Waals surface area contributed by atoms with E-state index in [9.17, 15) is 4.79 Å². The number of ether oxygens (including phenoxy) is 1. The van der Waals surface area contributed by atoms with E-state index in [-0.39, 0.29) is 5.91 Å². The Kier molecular flexibility index (Phi) is 4.29. The predicted molar refractivity (Wildman–Crippen MR) is 84.8 cm³/mol. The molecule has 2 heterocycles. The van der Waals surface area contributed by atoms with E-state index in [0.717, 1.165) is 43.3 Å². The van der Waals surface area contributed by atoms with Crippen LogP contribution < -0.4 is 0 Å². The highest BCUT2D eigenvalue weighted by atomic mass is 16.5. The molecule has 1 saturated heterocycles. The number of hydrogen-bond acceptors (Lipinski definition) is 3. The maximum atomic E-state index is 12.4. The zero-order chi connectivity index (χ0) is 15.5. The van der Waals surface area contributed by atoms with Crippen molar-refractivity contribution in [2.75, 3.05) is 26.8 Å². The van der Waals surface area contributed by atoms with Crippen LogP contribution in [0.25, 0.3) is 11.3 Å². The highest BCUT2D eigenvalue weighted by Gasteiger charge is 2.20. The van der Waals surface area contributed by atoms with Gasteiger partial charge in [0, 0.05) is 37.2 Å². The normalized spacial score (nSPS) is 17.6. The van der Waals surface area contributed by atoms with Gasteiger partial charge in [-0.3, -0.25) is 4.79 Å². The second-order valence-electron chi connectivity index (χ2n) is 5.90. The molecule has 1 aromatic carbocycles. The first-order valence-electron chi connectivity index (χ1n) is 7.63. The standard InChI is InChI=1S/C18H21NO3/c1-13-3-8-17(22-13)15-4-6-16(7-5-15)18(20)19(2)11-14-9-10-21-12-14/h3-8,14H,9-12H2,1-2H3. The Bertz CT molecular complexity index is 639. The number of carbonyl (C=O) groups excluding carboxylic acids is 1. The Balaban J connectivity index is 1.67. The molecule has 1 atom stereocenters. The zero-order valence-corrected chi connectivity index (χ0v) is 13.0. The van der Waals surface area contributed by atoms with Crippen LogP contribution >= 0.6 is 0 Å². The van der Waals surface area contributed by atoms with Gasteiger partial charge in [0.25, 0.3) is 5.91 Å². The number of furan rings is 1. The molecule has 0 radical (unpaired) electrons. The molecule has 4 nitrogen and oxygen atoms in total. The van der Waals surface area contributed by atoms with Crippen LogP contribution in [0.1, 0.15) is 22.5 Å². The molecule has 116 valence electrons. The van der Waals surface area contributed by atoms with Gasteiger partial charge >= 0.3 is 0 Å². The van der Waals surface area contributed by atoms with Crippen molar-refractivity contribution in [2.24, 2.45) is 5.92 Å². The van der Waals surface area contributed by atoms with E-state index >= 15 is 0 Å². The predicted octanol–water partition coefficient (Wildman–Crippen LogP) is 3.36. The maximum Gasteiger partial charge on any atom is 0.253 e. The van der Waals surface area contributed by atoms with E-state index < -0.39 is 0 Å². The monoisotopic (exact) mass is 299 g/mol. The van der Waals surface area contributed by atoms with Crippen molar-refractivity contribution in [2.45, 2.75) is 13.3 Å². The van der Waals surface area contributed by atoms with Crippen LogP contribution in [0.5, 0.6) is 0 Å². The molecule has 1 unspecified atom stereocenters. The van der Waals surface area contributed by atoms with Crippen LogP contribution in [-0.2, 0) is 4.74 Å². The van der Waals surface area contributed by atoms with Gasteiger partial charge in [-0.2, -0.15) is 0 Å². The molecule has 0 spiro atoms. The number of carbonyl (C=O) groups is 1. The molecule has 0 saturated carbocycles. The van der Waals surface area contributed by atoms with Crippen molar-refractivity contribution < 1.29 is 13.9 Å². The Morgan fingerprint density at radius 3 is 2.59 bits per heavy atom. The Morgan fingerprint density at radius 2 is 2.00 bits per heavy atom. The number of hydrogen-bond donors (Lipinski definition) is 0. The van der Waals surface area contributed by atoms with Crippen LogP contribution in [0.3, 0.4) is 0 Å². The smallest absolute Gasteiger partial charge is 0.253 e. The van der Waals surface area contributed by atoms with Crippen molar-refractivity contribution in [3.05, 3.63) is 47.7 Å². The molecule has 22 heavy (non-hydrogen) atoms. The van der Waals surface area contributed by atoms with Gasteiger partial charge < -0.3 is 14.1 Å². The molecule has 1 aliphatic heterocycles. The van der Waals surface area contributed by atoms with Crippen molar-refractivity contribution in [3.63, 3.8) is 0 Å². The lowest BCUT2D eigenvalue weighted by molar-refractivity contribution is 0.0766. The molecular weight excluding hydrogens is 278 g/mol. The van der Waals surface area contributed by atoms with Gasteiger partial charge in [-0.05, 0) is 37.6 Å².